The fourth-order valence-electron chi connectivity index (χ4n) is 6.70. The van der Waals surface area contributed by atoms with Gasteiger partial charge in [0.2, 0.25) is 0 Å². The van der Waals surface area contributed by atoms with Gasteiger partial charge in [-0.05, 0) is 82.6 Å². The minimum atomic E-state index is -1.32. The highest BCUT2D eigenvalue weighted by molar-refractivity contribution is 6.13. The van der Waals surface area contributed by atoms with E-state index >= 15 is 0 Å². The van der Waals surface area contributed by atoms with Gasteiger partial charge in [-0.25, -0.2) is 0 Å². The van der Waals surface area contributed by atoms with Crippen LogP contribution in [0.2, 0.25) is 0 Å². The van der Waals surface area contributed by atoms with Crippen molar-refractivity contribution in [1.29, 1.82) is 0 Å². The van der Waals surface area contributed by atoms with Gasteiger partial charge in [0.05, 0.1) is 31.5 Å². The van der Waals surface area contributed by atoms with Gasteiger partial charge in [0.15, 0.2) is 0 Å². The molecule has 0 bridgehead atoms. The van der Waals surface area contributed by atoms with Crippen LogP contribution in [0.25, 0.3) is 67.5 Å². The highest BCUT2D eigenvalue weighted by Crippen LogP contribution is 2.55. The predicted molar refractivity (Wildman–Crippen MR) is 226 cm³/mol. The molecule has 0 atom stereocenters. The zero-order chi connectivity index (χ0) is 50.2. The number of nitro groups is 9. The van der Waals surface area contributed by atoms with Gasteiger partial charge in [0.1, 0.15) is 18.2 Å². The first-order valence-corrected chi connectivity index (χ1v) is 18.2. The van der Waals surface area contributed by atoms with Crippen LogP contribution in [0.5, 0.6) is 0 Å². The van der Waals surface area contributed by atoms with Crippen molar-refractivity contribution in [1.82, 2.24) is 29.9 Å². The molecule has 0 fully saturated rings. The van der Waals surface area contributed by atoms with Crippen LogP contribution < -0.4 is 0 Å². The third-order valence-electron chi connectivity index (χ3n) is 9.49. The normalized spacial score (nSPS) is 10.8. The van der Waals surface area contributed by atoms with Crippen molar-refractivity contribution in [2.45, 2.75) is 0 Å². The zero-order valence-corrected chi connectivity index (χ0v) is 33.2. The molecule has 0 saturated heterocycles. The maximum atomic E-state index is 12.4. The lowest BCUT2D eigenvalue weighted by Crippen LogP contribution is -2.10. The summed E-state index contributed by atoms with van der Waals surface area (Å²) >= 11 is 0. The summed E-state index contributed by atoms with van der Waals surface area (Å²) in [6, 6.07) is 11.8. The standard InChI is InChI=1S/C36H15N15O18/c52-43(53)19-7-1-16(2-8-19)28-31(34-37-22(46(58)59)13-23(38-34)47(60)61)29(17-3-9-20(10-4-17)44(54)55)33(36-41-26(50(66)67)15-27(42-36)51(68)69)30(18-5-11-21(12-6-18)45(56)57)32(28)35-39-24(48(62)63)14-25(40-35)49(64)65/h1-15H. The molecule has 0 spiro atoms. The Hall–Kier alpha value is -11.3. The number of aromatic nitrogens is 6. The molecule has 3 aromatic heterocycles. The Balaban J connectivity index is 1.96. The lowest BCUT2D eigenvalue weighted by molar-refractivity contribution is -0.399. The molecule has 0 aliphatic heterocycles. The van der Waals surface area contributed by atoms with E-state index in [4.69, 9.17) is 0 Å². The molecular formula is C36H15N15O18. The average molecular weight is 946 g/mol. The van der Waals surface area contributed by atoms with Crippen LogP contribution in [0.3, 0.4) is 0 Å². The van der Waals surface area contributed by atoms with Crippen LogP contribution in [0.4, 0.5) is 52.0 Å². The Morgan fingerprint density at radius 2 is 0.420 bits per heavy atom. The second kappa shape index (κ2) is 17.7. The Morgan fingerprint density at radius 3 is 0.565 bits per heavy atom. The van der Waals surface area contributed by atoms with E-state index in [1.54, 1.807) is 0 Å². The SMILES string of the molecule is O=[N+]([O-])c1ccc(-c2c(-c3nc([N+](=O)[O-])cc([N+](=O)[O-])n3)c(-c3ccc([N+](=O)[O-])cc3)c(-c3nc([N+](=O)[O-])cc([N+](=O)[O-])n3)c(-c3ccc([N+](=O)[O-])cc3)c2-c2nc([N+](=O)[O-])cc([N+](=O)[O-])n2)cc1. The molecule has 3 heterocycles. The van der Waals surface area contributed by atoms with Crippen LogP contribution in [-0.2, 0) is 0 Å². The number of nitro benzene ring substituents is 3. The number of hydrogen-bond donors (Lipinski definition) is 0. The summed E-state index contributed by atoms with van der Waals surface area (Å²) in [6.07, 6.45) is 0. The number of rotatable bonds is 15. The molecule has 0 unspecified atom stereocenters. The first-order chi connectivity index (χ1) is 32.6. The smallest absolute Gasteiger partial charge is 0.358 e. The summed E-state index contributed by atoms with van der Waals surface area (Å²) in [4.78, 5) is 124. The maximum absolute atomic E-state index is 12.4. The third-order valence-corrected chi connectivity index (χ3v) is 9.49. The van der Waals surface area contributed by atoms with Gasteiger partial charge in [-0.3, -0.25) is 30.3 Å². The zero-order valence-electron chi connectivity index (χ0n) is 33.2. The molecule has 0 aliphatic carbocycles. The van der Waals surface area contributed by atoms with Gasteiger partial charge >= 0.3 is 52.4 Å². The van der Waals surface area contributed by atoms with Crippen LogP contribution in [0, 0.1) is 91.0 Å². The molecule has 0 N–H and O–H groups in total. The van der Waals surface area contributed by atoms with E-state index in [0.29, 0.717) is 18.2 Å². The summed E-state index contributed by atoms with van der Waals surface area (Å²) in [5.74, 6) is -11.2. The van der Waals surface area contributed by atoms with Crippen molar-refractivity contribution in [3.05, 3.63) is 182 Å². The average Bonchev–Trinajstić information content (AvgIpc) is 3.32. The minimum absolute atomic E-state index is 0.299. The Morgan fingerprint density at radius 1 is 0.246 bits per heavy atom. The van der Waals surface area contributed by atoms with Crippen molar-refractivity contribution in [2.75, 3.05) is 0 Å². The van der Waals surface area contributed by atoms with Crippen molar-refractivity contribution in [2.24, 2.45) is 0 Å². The van der Waals surface area contributed by atoms with Crippen LogP contribution in [0.15, 0.2) is 91.0 Å². The Labute approximate surface area is 375 Å². The molecule has 0 saturated carbocycles. The molecule has 0 radical (unpaired) electrons. The topological polar surface area (TPSA) is 466 Å². The van der Waals surface area contributed by atoms with Crippen molar-refractivity contribution in [3.8, 4) is 67.5 Å². The molecule has 342 valence electrons. The Bertz CT molecular complexity index is 2970. The van der Waals surface area contributed by atoms with Gasteiger partial charge in [-0.15, -0.1) is 0 Å². The predicted octanol–water partition coefficient (Wildman–Crippen LogP) is 7.23. The first kappa shape index (κ1) is 45.7. The highest BCUT2D eigenvalue weighted by atomic mass is 16.7. The van der Waals surface area contributed by atoms with E-state index < -0.39 is 147 Å². The largest absolute Gasteiger partial charge is 0.382 e. The van der Waals surface area contributed by atoms with E-state index in [9.17, 15) is 91.0 Å². The molecule has 4 aromatic carbocycles. The number of nitrogens with zero attached hydrogens (tertiary/aromatic N) is 15. The molecule has 0 aliphatic rings. The highest BCUT2D eigenvalue weighted by Gasteiger charge is 2.43. The number of benzene rings is 4. The summed E-state index contributed by atoms with van der Waals surface area (Å²) in [7, 11) is 0. The van der Waals surface area contributed by atoms with Gasteiger partial charge in [0, 0.05) is 83.0 Å². The first-order valence-electron chi connectivity index (χ1n) is 18.2. The molecule has 7 rings (SSSR count). The number of hydrogen-bond acceptors (Lipinski definition) is 24. The number of non-ortho nitro benzene ring substituents is 3. The molecular weight excluding hydrogens is 930 g/mol. The van der Waals surface area contributed by atoms with Gasteiger partial charge < -0.3 is 60.7 Å². The van der Waals surface area contributed by atoms with Crippen molar-refractivity contribution >= 4 is 52.0 Å². The fourth-order valence-corrected chi connectivity index (χ4v) is 6.70. The summed E-state index contributed by atoms with van der Waals surface area (Å²) in [5.41, 5.74) is -7.36. The summed E-state index contributed by atoms with van der Waals surface area (Å²) in [5, 5.41) is 110. The third kappa shape index (κ3) is 8.83. The van der Waals surface area contributed by atoms with Crippen molar-refractivity contribution in [3.63, 3.8) is 0 Å². The Kier molecular flexibility index (Phi) is 11.7. The van der Waals surface area contributed by atoms with Crippen LogP contribution >= 0.6 is 0 Å². The lowest BCUT2D eigenvalue weighted by Gasteiger charge is -2.21. The molecule has 0 amide bonds. The molecule has 33 nitrogen and oxygen atoms in total. The minimum Gasteiger partial charge on any atom is -0.358 e. The van der Waals surface area contributed by atoms with Gasteiger partial charge in [-0.2, -0.15) is 0 Å². The van der Waals surface area contributed by atoms with Gasteiger partial charge in [0.25, 0.3) is 17.1 Å². The monoisotopic (exact) mass is 945 g/mol. The van der Waals surface area contributed by atoms with Crippen LogP contribution in [-0.4, -0.2) is 74.2 Å². The van der Waals surface area contributed by atoms with Gasteiger partial charge in [-0.1, -0.05) is 0 Å². The van der Waals surface area contributed by atoms with E-state index in [-0.39, 0.29) is 16.7 Å². The lowest BCUT2D eigenvalue weighted by atomic mass is 9.78. The second-order valence-corrected chi connectivity index (χ2v) is 13.4. The molecule has 33 heteroatoms. The van der Waals surface area contributed by atoms with Crippen LogP contribution in [0.1, 0.15) is 0 Å². The van der Waals surface area contributed by atoms with E-state index in [1.165, 1.54) is 0 Å². The quantitative estimate of drug-likeness (QED) is 0.0721. The van der Waals surface area contributed by atoms with E-state index in [1.807, 2.05) is 0 Å². The van der Waals surface area contributed by atoms with E-state index in [2.05, 4.69) is 29.9 Å². The second-order valence-electron chi connectivity index (χ2n) is 13.4. The van der Waals surface area contributed by atoms with E-state index in [0.717, 1.165) is 72.8 Å². The maximum Gasteiger partial charge on any atom is 0.382 e. The summed E-state index contributed by atoms with van der Waals surface area (Å²) < 4.78 is 0. The molecule has 69 heavy (non-hydrogen) atoms. The fraction of sp³-hybridized carbons (Fsp3) is 0. The molecule has 7 aromatic rings. The van der Waals surface area contributed by atoms with Crippen molar-refractivity contribution < 1.29 is 44.3 Å². The summed E-state index contributed by atoms with van der Waals surface area (Å²) in [6.45, 7) is 0.